The van der Waals surface area contributed by atoms with Gasteiger partial charge in [0, 0.05) is 19.3 Å². The second-order valence-corrected chi connectivity index (χ2v) is 5.44. The Morgan fingerprint density at radius 3 is 2.72 bits per heavy atom. The van der Waals surface area contributed by atoms with Gasteiger partial charge in [-0.25, -0.2) is 0 Å². The molecule has 1 aromatic rings. The van der Waals surface area contributed by atoms with E-state index in [1.165, 1.54) is 0 Å². The lowest BCUT2D eigenvalue weighted by Crippen LogP contribution is -2.46. The molecule has 18 heavy (non-hydrogen) atoms. The average Bonchev–Trinajstić information content (AvgIpc) is 2.77. The predicted molar refractivity (Wildman–Crippen MR) is 72.4 cm³/mol. The largest absolute Gasteiger partial charge is 0.389 e. The van der Waals surface area contributed by atoms with Crippen molar-refractivity contribution in [3.8, 4) is 0 Å². The first-order valence-electron chi connectivity index (χ1n) is 7.14. The van der Waals surface area contributed by atoms with Crippen LogP contribution >= 0.6 is 0 Å². The van der Waals surface area contributed by atoms with E-state index >= 15 is 0 Å². The summed E-state index contributed by atoms with van der Waals surface area (Å²) in [6, 6.07) is 2.57. The van der Waals surface area contributed by atoms with Gasteiger partial charge in [-0.3, -0.25) is 4.68 Å². The molecule has 1 aliphatic carbocycles. The lowest BCUT2D eigenvalue weighted by atomic mass is 9.80. The lowest BCUT2D eigenvalue weighted by molar-refractivity contribution is -0.0315. The molecule has 1 saturated carbocycles. The highest BCUT2D eigenvalue weighted by atomic mass is 16.3. The van der Waals surface area contributed by atoms with E-state index in [9.17, 15) is 5.11 Å². The van der Waals surface area contributed by atoms with E-state index in [1.807, 2.05) is 0 Å². The fourth-order valence-corrected chi connectivity index (χ4v) is 2.52. The van der Waals surface area contributed by atoms with Gasteiger partial charge in [0.15, 0.2) is 0 Å². The minimum absolute atomic E-state index is 0.446. The van der Waals surface area contributed by atoms with E-state index in [4.69, 9.17) is 0 Å². The molecule has 2 N–H and O–H groups in total. The highest BCUT2D eigenvalue weighted by Crippen LogP contribution is 2.30. The quantitative estimate of drug-likeness (QED) is 0.781. The first-order valence-corrected chi connectivity index (χ1v) is 7.14. The maximum absolute atomic E-state index is 9.97. The van der Waals surface area contributed by atoms with Crippen molar-refractivity contribution in [2.45, 2.75) is 64.1 Å². The minimum Gasteiger partial charge on any atom is -0.389 e. The summed E-state index contributed by atoms with van der Waals surface area (Å²) in [5.74, 6) is 0. The van der Waals surface area contributed by atoms with Crippen molar-refractivity contribution in [3.05, 3.63) is 18.0 Å². The monoisotopic (exact) mass is 251 g/mol. The molecule has 2 rings (SSSR count). The van der Waals surface area contributed by atoms with Gasteiger partial charge < -0.3 is 10.4 Å². The molecule has 0 saturated heterocycles. The van der Waals surface area contributed by atoms with E-state index < -0.39 is 5.60 Å². The molecular formula is C14H25N3O. The molecule has 102 valence electrons. The third kappa shape index (κ3) is 3.12. The van der Waals surface area contributed by atoms with E-state index in [1.54, 1.807) is 0 Å². The van der Waals surface area contributed by atoms with Crippen LogP contribution in [0.4, 0.5) is 0 Å². The predicted octanol–water partition coefficient (Wildman–Crippen LogP) is 2.25. The van der Waals surface area contributed by atoms with Crippen LogP contribution in [0.1, 0.15) is 57.7 Å². The van der Waals surface area contributed by atoms with Crippen molar-refractivity contribution in [1.82, 2.24) is 15.1 Å². The third-order valence-corrected chi connectivity index (χ3v) is 4.02. The van der Waals surface area contributed by atoms with Crippen molar-refractivity contribution in [2.24, 2.45) is 0 Å². The van der Waals surface area contributed by atoms with Gasteiger partial charge in [-0.1, -0.05) is 13.8 Å². The summed E-state index contributed by atoms with van der Waals surface area (Å²) in [5, 5.41) is 17.9. The van der Waals surface area contributed by atoms with Crippen molar-refractivity contribution in [3.63, 3.8) is 0 Å². The molecule has 1 fully saturated rings. The molecule has 0 aromatic carbocycles. The molecular weight excluding hydrogens is 226 g/mol. The first-order chi connectivity index (χ1) is 8.67. The molecule has 0 atom stereocenters. The summed E-state index contributed by atoms with van der Waals surface area (Å²) in [7, 11) is 0. The smallest absolute Gasteiger partial charge is 0.0771 e. The topological polar surface area (TPSA) is 50.1 Å². The standard InChI is InChI=1S/C14H25N3O/c1-3-13(4-2)17-9-6-12(16-17)10-15-11-14(18)7-5-8-14/h6,9,13,15,18H,3-5,7-8,10-11H2,1-2H3. The summed E-state index contributed by atoms with van der Waals surface area (Å²) in [5.41, 5.74) is 0.614. The zero-order valence-electron chi connectivity index (χ0n) is 11.5. The SMILES string of the molecule is CCC(CC)n1ccc(CNCC2(O)CCC2)n1. The molecule has 4 heteroatoms. The molecule has 0 bridgehead atoms. The summed E-state index contributed by atoms with van der Waals surface area (Å²) >= 11 is 0. The summed E-state index contributed by atoms with van der Waals surface area (Å²) in [6.07, 6.45) is 7.31. The molecule has 1 aliphatic rings. The van der Waals surface area contributed by atoms with Crippen LogP contribution in [0.3, 0.4) is 0 Å². The normalized spacial score (nSPS) is 18.0. The Balaban J connectivity index is 1.79. The van der Waals surface area contributed by atoms with Crippen LogP contribution in [-0.4, -0.2) is 27.0 Å². The maximum atomic E-state index is 9.97. The van der Waals surface area contributed by atoms with Crippen molar-refractivity contribution in [1.29, 1.82) is 0 Å². The van der Waals surface area contributed by atoms with E-state index in [0.29, 0.717) is 12.6 Å². The van der Waals surface area contributed by atoms with Gasteiger partial charge in [0.1, 0.15) is 0 Å². The van der Waals surface area contributed by atoms with Gasteiger partial charge >= 0.3 is 0 Å². The van der Waals surface area contributed by atoms with Gasteiger partial charge in [0.2, 0.25) is 0 Å². The lowest BCUT2D eigenvalue weighted by Gasteiger charge is -2.36. The van der Waals surface area contributed by atoms with Gasteiger partial charge in [0.25, 0.3) is 0 Å². The third-order valence-electron chi connectivity index (χ3n) is 4.02. The van der Waals surface area contributed by atoms with Gasteiger partial charge in [-0.05, 0) is 38.2 Å². The number of hydrogen-bond donors (Lipinski definition) is 2. The molecule has 4 nitrogen and oxygen atoms in total. The average molecular weight is 251 g/mol. The highest BCUT2D eigenvalue weighted by molar-refractivity contribution is 5.00. The van der Waals surface area contributed by atoms with Crippen LogP contribution in [0, 0.1) is 0 Å². The Kier molecular flexibility index (Phi) is 4.40. The second-order valence-electron chi connectivity index (χ2n) is 5.44. The Morgan fingerprint density at radius 2 is 2.17 bits per heavy atom. The Bertz CT molecular complexity index is 367. The molecule has 0 radical (unpaired) electrons. The number of aromatic nitrogens is 2. The number of nitrogens with one attached hydrogen (secondary N) is 1. The van der Waals surface area contributed by atoms with Crippen LogP contribution in [0.2, 0.25) is 0 Å². The van der Waals surface area contributed by atoms with Crippen LogP contribution in [-0.2, 0) is 6.54 Å². The Morgan fingerprint density at radius 1 is 1.44 bits per heavy atom. The zero-order valence-corrected chi connectivity index (χ0v) is 11.5. The van der Waals surface area contributed by atoms with Gasteiger partial charge in [0.05, 0.1) is 17.3 Å². The Hall–Kier alpha value is -0.870. The number of nitrogens with zero attached hydrogens (tertiary/aromatic N) is 2. The molecule has 0 unspecified atom stereocenters. The summed E-state index contributed by atoms with van der Waals surface area (Å²) < 4.78 is 2.06. The first kappa shape index (κ1) is 13.6. The van der Waals surface area contributed by atoms with E-state index in [2.05, 4.69) is 41.2 Å². The number of rotatable bonds is 7. The maximum Gasteiger partial charge on any atom is 0.0771 e. The highest BCUT2D eigenvalue weighted by Gasteiger charge is 2.33. The van der Waals surface area contributed by atoms with E-state index in [-0.39, 0.29) is 0 Å². The van der Waals surface area contributed by atoms with Crippen LogP contribution in [0.15, 0.2) is 12.3 Å². The van der Waals surface area contributed by atoms with Crippen LogP contribution in [0.25, 0.3) is 0 Å². The van der Waals surface area contributed by atoms with E-state index in [0.717, 1.165) is 44.3 Å². The summed E-state index contributed by atoms with van der Waals surface area (Å²) in [6.45, 7) is 5.82. The van der Waals surface area contributed by atoms with Crippen molar-refractivity contribution >= 4 is 0 Å². The molecule has 0 aliphatic heterocycles. The van der Waals surface area contributed by atoms with Crippen LogP contribution in [0.5, 0.6) is 0 Å². The fourth-order valence-electron chi connectivity index (χ4n) is 2.52. The van der Waals surface area contributed by atoms with Gasteiger partial charge in [-0.15, -0.1) is 0 Å². The fraction of sp³-hybridized carbons (Fsp3) is 0.786. The Labute approximate surface area is 109 Å². The molecule has 1 aromatic heterocycles. The summed E-state index contributed by atoms with van der Waals surface area (Å²) in [4.78, 5) is 0. The molecule has 1 heterocycles. The minimum atomic E-state index is -0.446. The molecule has 0 spiro atoms. The van der Waals surface area contributed by atoms with Crippen molar-refractivity contribution < 1.29 is 5.11 Å². The number of hydrogen-bond acceptors (Lipinski definition) is 3. The van der Waals surface area contributed by atoms with Crippen LogP contribution < -0.4 is 5.32 Å². The second kappa shape index (κ2) is 5.85. The number of aliphatic hydroxyl groups is 1. The zero-order chi connectivity index (χ0) is 13.0. The van der Waals surface area contributed by atoms with Crippen molar-refractivity contribution in [2.75, 3.05) is 6.54 Å². The van der Waals surface area contributed by atoms with Gasteiger partial charge in [-0.2, -0.15) is 5.10 Å². The molecule has 0 amide bonds.